The van der Waals surface area contributed by atoms with Crippen molar-refractivity contribution >= 4 is 30.0 Å². The van der Waals surface area contributed by atoms with Crippen LogP contribution >= 0.6 is 24.2 Å². The summed E-state index contributed by atoms with van der Waals surface area (Å²) >= 11 is 9.80. The molecule has 1 unspecified atom stereocenters. The number of carbonyl (C=O) groups excluding carboxylic acids is 1. The number of rotatable bonds is 2. The van der Waals surface area contributed by atoms with Gasteiger partial charge in [0.1, 0.15) is 11.1 Å². The summed E-state index contributed by atoms with van der Waals surface area (Å²) in [6.45, 7) is 1.38. The summed E-state index contributed by atoms with van der Waals surface area (Å²) in [5, 5.41) is 8.64. The molecule has 1 rings (SSSR count). The molecule has 1 aromatic rings. The number of benzene rings is 1. The van der Waals surface area contributed by atoms with Crippen LogP contribution in [0.3, 0.4) is 0 Å². The average Bonchev–Trinajstić information content (AvgIpc) is 2.03. The summed E-state index contributed by atoms with van der Waals surface area (Å²) in [6.07, 6.45) is 0. The van der Waals surface area contributed by atoms with Crippen LogP contribution in [0.15, 0.2) is 23.1 Å². The summed E-state index contributed by atoms with van der Waals surface area (Å²) in [4.78, 5) is 11.6. The maximum atomic E-state index is 10.9. The molecule has 0 saturated heterocycles. The van der Waals surface area contributed by atoms with E-state index in [9.17, 15) is 9.90 Å². The normalized spacial score (nSPS) is 12.5. The van der Waals surface area contributed by atoms with Crippen LogP contribution in [-0.4, -0.2) is 10.9 Å². The van der Waals surface area contributed by atoms with E-state index in [1.165, 1.54) is 13.0 Å². The van der Waals surface area contributed by atoms with Crippen LogP contribution in [0.1, 0.15) is 17.9 Å². The maximum absolute atomic E-state index is 10.9. The Hall–Kier alpha value is -0.670. The Morgan fingerprint density at radius 2 is 2.23 bits per heavy atom. The minimum absolute atomic E-state index is 0.00250. The monoisotopic (exact) mass is 216 g/mol. The average molecular weight is 217 g/mol. The first-order valence-electron chi connectivity index (χ1n) is 3.68. The number of ketones is 1. The zero-order chi connectivity index (χ0) is 10.0. The van der Waals surface area contributed by atoms with Gasteiger partial charge in [-0.15, -0.1) is 24.2 Å². The van der Waals surface area contributed by atoms with Gasteiger partial charge in [0, 0.05) is 10.5 Å². The molecule has 0 amide bonds. The highest BCUT2D eigenvalue weighted by molar-refractivity contribution is 7.80. The van der Waals surface area contributed by atoms with Gasteiger partial charge in [0.15, 0.2) is 5.78 Å². The number of halogens is 1. The molecule has 1 atom stereocenters. The lowest BCUT2D eigenvalue weighted by Crippen LogP contribution is -2.01. The highest BCUT2D eigenvalue weighted by Gasteiger charge is 2.16. The van der Waals surface area contributed by atoms with Gasteiger partial charge >= 0.3 is 0 Å². The molecule has 2 nitrogen and oxygen atoms in total. The molecule has 0 saturated carbocycles. The first kappa shape index (κ1) is 10.4. The third kappa shape index (κ3) is 2.39. The highest BCUT2D eigenvalue weighted by atomic mass is 35.5. The fraction of sp³-hybridized carbons (Fsp3) is 0.222. The molecule has 0 radical (unpaired) electrons. The number of carbonyl (C=O) groups is 1. The van der Waals surface area contributed by atoms with Gasteiger partial charge in [-0.05, 0) is 19.1 Å². The first-order chi connectivity index (χ1) is 6.02. The van der Waals surface area contributed by atoms with Crippen molar-refractivity contribution in [2.75, 3.05) is 0 Å². The Labute approximate surface area is 86.9 Å². The zero-order valence-electron chi connectivity index (χ0n) is 6.99. The molecule has 70 valence electrons. The summed E-state index contributed by atoms with van der Waals surface area (Å²) in [5.74, 6) is -0.188. The van der Waals surface area contributed by atoms with Crippen LogP contribution in [0.2, 0.25) is 0 Å². The molecular formula is C9H9ClO2S. The molecule has 0 fully saturated rings. The van der Waals surface area contributed by atoms with Crippen molar-refractivity contribution in [3.05, 3.63) is 23.8 Å². The molecule has 13 heavy (non-hydrogen) atoms. The quantitative estimate of drug-likeness (QED) is 0.589. The van der Waals surface area contributed by atoms with Gasteiger partial charge in [-0.3, -0.25) is 4.79 Å². The SMILES string of the molecule is CC(=O)C(Cl)c1ccc(S)cc1O. The second kappa shape index (κ2) is 4.03. The number of aromatic hydroxyl groups is 1. The summed E-state index contributed by atoms with van der Waals surface area (Å²) in [6, 6.07) is 4.73. The van der Waals surface area contributed by atoms with E-state index in [-0.39, 0.29) is 11.5 Å². The van der Waals surface area contributed by atoms with Gasteiger partial charge < -0.3 is 5.11 Å². The predicted octanol–water partition coefficient (Wildman–Crippen LogP) is 2.55. The minimum atomic E-state index is -0.783. The third-order valence-electron chi connectivity index (χ3n) is 1.64. The Balaban J connectivity index is 3.08. The van der Waals surface area contributed by atoms with Crippen molar-refractivity contribution in [2.24, 2.45) is 0 Å². The molecular weight excluding hydrogens is 208 g/mol. The van der Waals surface area contributed by atoms with Gasteiger partial charge in [0.05, 0.1) is 0 Å². The van der Waals surface area contributed by atoms with E-state index < -0.39 is 5.38 Å². The molecule has 0 aromatic heterocycles. The van der Waals surface area contributed by atoms with Crippen LogP contribution in [-0.2, 0) is 4.79 Å². The number of alkyl halides is 1. The number of phenols is 1. The Morgan fingerprint density at radius 1 is 1.62 bits per heavy atom. The van der Waals surface area contributed by atoms with E-state index in [1.54, 1.807) is 12.1 Å². The maximum Gasteiger partial charge on any atom is 0.152 e. The van der Waals surface area contributed by atoms with E-state index in [4.69, 9.17) is 11.6 Å². The molecule has 0 spiro atoms. The van der Waals surface area contributed by atoms with Crippen LogP contribution in [0.5, 0.6) is 5.75 Å². The van der Waals surface area contributed by atoms with Crippen molar-refractivity contribution in [1.29, 1.82) is 0 Å². The fourth-order valence-corrected chi connectivity index (χ4v) is 1.35. The summed E-state index contributed by atoms with van der Waals surface area (Å²) < 4.78 is 0. The molecule has 1 N–H and O–H groups in total. The molecule has 1 aromatic carbocycles. The molecule has 0 aliphatic heterocycles. The Bertz CT molecular complexity index is 338. The number of hydrogen-bond donors (Lipinski definition) is 2. The lowest BCUT2D eigenvalue weighted by molar-refractivity contribution is -0.116. The van der Waals surface area contributed by atoms with E-state index in [0.717, 1.165) is 0 Å². The Morgan fingerprint density at radius 3 is 2.69 bits per heavy atom. The van der Waals surface area contributed by atoms with Crippen molar-refractivity contribution in [3.8, 4) is 5.75 Å². The van der Waals surface area contributed by atoms with Gasteiger partial charge in [0.25, 0.3) is 0 Å². The zero-order valence-corrected chi connectivity index (χ0v) is 8.64. The number of phenolic OH excluding ortho intramolecular Hbond substituents is 1. The van der Waals surface area contributed by atoms with Gasteiger partial charge in [-0.2, -0.15) is 0 Å². The van der Waals surface area contributed by atoms with E-state index in [0.29, 0.717) is 10.5 Å². The topological polar surface area (TPSA) is 37.3 Å². The van der Waals surface area contributed by atoms with Gasteiger partial charge in [0.2, 0.25) is 0 Å². The summed E-state index contributed by atoms with van der Waals surface area (Å²) in [5.41, 5.74) is 0.423. The Kier molecular flexibility index (Phi) is 3.22. The van der Waals surface area contributed by atoms with E-state index in [2.05, 4.69) is 12.6 Å². The van der Waals surface area contributed by atoms with Crippen LogP contribution in [0, 0.1) is 0 Å². The second-order valence-corrected chi connectivity index (χ2v) is 3.67. The van der Waals surface area contributed by atoms with E-state index in [1.807, 2.05) is 0 Å². The predicted molar refractivity (Wildman–Crippen MR) is 54.6 cm³/mol. The number of thiol groups is 1. The number of Topliss-reactive ketones (excluding diaryl/α,β-unsaturated/α-hetero) is 1. The van der Waals surface area contributed by atoms with Crippen LogP contribution < -0.4 is 0 Å². The van der Waals surface area contributed by atoms with Crippen molar-refractivity contribution in [3.63, 3.8) is 0 Å². The molecule has 0 aliphatic carbocycles. The lowest BCUT2D eigenvalue weighted by atomic mass is 10.1. The van der Waals surface area contributed by atoms with Crippen molar-refractivity contribution in [1.82, 2.24) is 0 Å². The van der Waals surface area contributed by atoms with Gasteiger partial charge in [-0.25, -0.2) is 0 Å². The van der Waals surface area contributed by atoms with Crippen molar-refractivity contribution in [2.45, 2.75) is 17.2 Å². The van der Waals surface area contributed by atoms with E-state index >= 15 is 0 Å². The smallest absolute Gasteiger partial charge is 0.152 e. The first-order valence-corrected chi connectivity index (χ1v) is 4.57. The van der Waals surface area contributed by atoms with Crippen LogP contribution in [0.4, 0.5) is 0 Å². The summed E-state index contributed by atoms with van der Waals surface area (Å²) in [7, 11) is 0. The highest BCUT2D eigenvalue weighted by Crippen LogP contribution is 2.30. The lowest BCUT2D eigenvalue weighted by Gasteiger charge is -2.08. The molecule has 0 bridgehead atoms. The number of hydrogen-bond acceptors (Lipinski definition) is 3. The largest absolute Gasteiger partial charge is 0.508 e. The van der Waals surface area contributed by atoms with Crippen LogP contribution in [0.25, 0.3) is 0 Å². The molecule has 4 heteroatoms. The third-order valence-corrected chi connectivity index (χ3v) is 2.46. The minimum Gasteiger partial charge on any atom is -0.508 e. The fourth-order valence-electron chi connectivity index (χ4n) is 0.965. The standard InChI is InChI=1S/C9H9ClO2S/c1-5(11)9(10)7-3-2-6(13)4-8(7)12/h2-4,9,12-13H,1H3. The van der Waals surface area contributed by atoms with Crippen molar-refractivity contribution < 1.29 is 9.90 Å². The molecule has 0 aliphatic rings. The van der Waals surface area contributed by atoms with Gasteiger partial charge in [-0.1, -0.05) is 6.07 Å². The molecule has 0 heterocycles. The second-order valence-electron chi connectivity index (χ2n) is 2.72.